The summed E-state index contributed by atoms with van der Waals surface area (Å²) in [5, 5.41) is 3.19. The molecule has 2 aromatic carbocycles. The predicted octanol–water partition coefficient (Wildman–Crippen LogP) is 1.95. The number of hydrogen-bond acceptors (Lipinski definition) is 5. The minimum Gasteiger partial charge on any atom is -0.497 e. The maximum absolute atomic E-state index is 12.8. The second-order valence-electron chi connectivity index (χ2n) is 6.96. The highest BCUT2D eigenvalue weighted by Crippen LogP contribution is 2.26. The van der Waals surface area contributed by atoms with Gasteiger partial charge in [-0.3, -0.25) is 25.2 Å². The number of amides is 3. The fourth-order valence-corrected chi connectivity index (χ4v) is 2.99. The van der Waals surface area contributed by atoms with Crippen LogP contribution in [0.15, 0.2) is 54.6 Å². The molecule has 3 aromatic rings. The third-order valence-electron chi connectivity index (χ3n) is 4.75. The van der Waals surface area contributed by atoms with Gasteiger partial charge in [-0.2, -0.15) is 0 Å². The number of aromatic nitrogens is 1. The molecule has 30 heavy (non-hydrogen) atoms. The summed E-state index contributed by atoms with van der Waals surface area (Å²) in [6, 6.07) is 16.2. The van der Waals surface area contributed by atoms with Gasteiger partial charge in [0.1, 0.15) is 5.75 Å². The summed E-state index contributed by atoms with van der Waals surface area (Å²) in [7, 11) is 1.59. The Balaban J connectivity index is 1.59. The average molecular weight is 404 g/mol. The van der Waals surface area contributed by atoms with Gasteiger partial charge >= 0.3 is 11.8 Å². The molecule has 3 N–H and O–H groups in total. The molecule has 0 saturated heterocycles. The zero-order valence-corrected chi connectivity index (χ0v) is 16.3. The molecule has 1 aromatic heterocycles. The largest absolute Gasteiger partial charge is 0.497 e. The van der Waals surface area contributed by atoms with E-state index in [9.17, 15) is 14.4 Å². The monoisotopic (exact) mass is 404 g/mol. The van der Waals surface area contributed by atoms with Gasteiger partial charge in [0.2, 0.25) is 0 Å². The Morgan fingerprint density at radius 1 is 0.967 bits per heavy atom. The Morgan fingerprint density at radius 2 is 1.70 bits per heavy atom. The first-order chi connectivity index (χ1) is 14.5. The van der Waals surface area contributed by atoms with Gasteiger partial charge < -0.3 is 10.1 Å². The third-order valence-corrected chi connectivity index (χ3v) is 4.75. The summed E-state index contributed by atoms with van der Waals surface area (Å²) in [4.78, 5) is 41.1. The van der Waals surface area contributed by atoms with Crippen LogP contribution in [0.4, 0.5) is 0 Å². The van der Waals surface area contributed by atoms with Crippen LogP contribution in [0.3, 0.4) is 0 Å². The first kappa shape index (κ1) is 19.4. The molecule has 0 radical (unpaired) electrons. The van der Waals surface area contributed by atoms with Gasteiger partial charge in [-0.05, 0) is 49.2 Å². The number of nitrogens with one attached hydrogen (secondary N) is 3. The second-order valence-corrected chi connectivity index (χ2v) is 6.96. The summed E-state index contributed by atoms with van der Waals surface area (Å²) in [6.45, 7) is 0. The van der Waals surface area contributed by atoms with Gasteiger partial charge in [-0.25, -0.2) is 4.98 Å². The number of carbonyl (C=O) groups is 3. The highest BCUT2D eigenvalue weighted by atomic mass is 16.5. The lowest BCUT2D eigenvalue weighted by molar-refractivity contribution is -0.139. The Hall–Kier alpha value is -3.94. The van der Waals surface area contributed by atoms with E-state index in [4.69, 9.17) is 4.74 Å². The molecule has 0 atom stereocenters. The van der Waals surface area contributed by atoms with Crippen molar-refractivity contribution >= 4 is 28.6 Å². The smallest absolute Gasteiger partial charge is 0.327 e. The number of benzene rings is 2. The van der Waals surface area contributed by atoms with Crippen molar-refractivity contribution in [2.45, 2.75) is 18.9 Å². The molecule has 3 amide bonds. The lowest BCUT2D eigenvalue weighted by Gasteiger charge is -2.11. The predicted molar refractivity (Wildman–Crippen MR) is 111 cm³/mol. The number of hydrogen-bond donors (Lipinski definition) is 3. The second kappa shape index (κ2) is 8.20. The van der Waals surface area contributed by atoms with Crippen molar-refractivity contribution in [3.8, 4) is 17.0 Å². The van der Waals surface area contributed by atoms with Gasteiger partial charge in [-0.1, -0.05) is 18.2 Å². The van der Waals surface area contributed by atoms with Crippen LogP contribution >= 0.6 is 0 Å². The van der Waals surface area contributed by atoms with Gasteiger partial charge in [-0.15, -0.1) is 0 Å². The fourth-order valence-electron chi connectivity index (χ4n) is 2.99. The molecule has 8 heteroatoms. The molecule has 4 rings (SSSR count). The lowest BCUT2D eigenvalue weighted by atomic mass is 10.0. The van der Waals surface area contributed by atoms with Crippen LogP contribution in [0.25, 0.3) is 22.2 Å². The van der Waals surface area contributed by atoms with E-state index in [1.54, 1.807) is 31.4 Å². The van der Waals surface area contributed by atoms with E-state index in [0.717, 1.165) is 18.4 Å². The molecule has 0 spiro atoms. The zero-order chi connectivity index (χ0) is 21.1. The van der Waals surface area contributed by atoms with Crippen LogP contribution in [-0.4, -0.2) is 35.9 Å². The Kier molecular flexibility index (Phi) is 5.30. The van der Waals surface area contributed by atoms with Crippen LogP contribution < -0.4 is 20.9 Å². The first-order valence-corrected chi connectivity index (χ1v) is 9.50. The molecule has 1 saturated carbocycles. The molecule has 8 nitrogen and oxygen atoms in total. The molecular weight excluding hydrogens is 384 g/mol. The van der Waals surface area contributed by atoms with Crippen LogP contribution in [-0.2, 0) is 9.59 Å². The summed E-state index contributed by atoms with van der Waals surface area (Å²) < 4.78 is 5.18. The van der Waals surface area contributed by atoms with Crippen molar-refractivity contribution in [1.82, 2.24) is 21.2 Å². The molecule has 0 aliphatic heterocycles. The topological polar surface area (TPSA) is 109 Å². The maximum Gasteiger partial charge on any atom is 0.327 e. The van der Waals surface area contributed by atoms with Crippen molar-refractivity contribution in [2.24, 2.45) is 0 Å². The Bertz CT molecular complexity index is 1120. The van der Waals surface area contributed by atoms with Crippen LogP contribution in [0.2, 0.25) is 0 Å². The number of carbonyl (C=O) groups excluding carboxylic acids is 3. The lowest BCUT2D eigenvalue weighted by Crippen LogP contribution is -2.49. The van der Waals surface area contributed by atoms with Gasteiger partial charge in [0.05, 0.1) is 23.9 Å². The normalized spacial score (nSPS) is 12.8. The van der Waals surface area contributed by atoms with Crippen molar-refractivity contribution in [2.75, 3.05) is 7.11 Å². The molecule has 0 unspecified atom stereocenters. The van der Waals surface area contributed by atoms with E-state index >= 15 is 0 Å². The number of para-hydroxylation sites is 1. The summed E-state index contributed by atoms with van der Waals surface area (Å²) in [6.07, 6.45) is 1.73. The number of ether oxygens (including phenoxy) is 1. The van der Waals surface area contributed by atoms with E-state index < -0.39 is 17.7 Å². The van der Waals surface area contributed by atoms with Crippen LogP contribution in [0.1, 0.15) is 23.2 Å². The summed E-state index contributed by atoms with van der Waals surface area (Å²) in [5.41, 5.74) is 6.85. The Morgan fingerprint density at radius 3 is 2.40 bits per heavy atom. The summed E-state index contributed by atoms with van der Waals surface area (Å²) in [5.74, 6) is -1.51. The van der Waals surface area contributed by atoms with E-state index in [0.29, 0.717) is 27.9 Å². The van der Waals surface area contributed by atoms with Crippen molar-refractivity contribution in [3.63, 3.8) is 0 Å². The van der Waals surface area contributed by atoms with E-state index in [1.807, 2.05) is 30.3 Å². The fraction of sp³-hybridized carbons (Fsp3) is 0.182. The van der Waals surface area contributed by atoms with E-state index in [-0.39, 0.29) is 6.04 Å². The number of methoxy groups -OCH3 is 1. The maximum atomic E-state index is 12.8. The van der Waals surface area contributed by atoms with Crippen molar-refractivity contribution in [1.29, 1.82) is 0 Å². The van der Waals surface area contributed by atoms with Crippen LogP contribution in [0.5, 0.6) is 5.75 Å². The molecular formula is C22H20N4O4. The van der Waals surface area contributed by atoms with Crippen molar-refractivity contribution < 1.29 is 19.1 Å². The van der Waals surface area contributed by atoms with Crippen molar-refractivity contribution in [3.05, 3.63) is 60.2 Å². The third kappa shape index (κ3) is 4.22. The number of rotatable bonds is 4. The van der Waals surface area contributed by atoms with Gasteiger partial charge in [0, 0.05) is 17.0 Å². The first-order valence-electron chi connectivity index (χ1n) is 9.50. The minimum absolute atomic E-state index is 0.0511. The van der Waals surface area contributed by atoms with Gasteiger partial charge in [0.25, 0.3) is 5.91 Å². The Labute approximate surface area is 172 Å². The van der Waals surface area contributed by atoms with Crippen LogP contribution in [0, 0.1) is 0 Å². The average Bonchev–Trinajstić information content (AvgIpc) is 3.60. The molecule has 1 aliphatic carbocycles. The minimum atomic E-state index is -0.913. The molecule has 0 bridgehead atoms. The molecule has 1 heterocycles. The molecule has 1 aliphatic rings. The quantitative estimate of drug-likeness (QED) is 0.455. The SMILES string of the molecule is COc1ccc(-c2cc(C(=O)NNC(=O)C(=O)NC3CC3)c3ccccc3n2)cc1. The highest BCUT2D eigenvalue weighted by Gasteiger charge is 2.26. The highest BCUT2D eigenvalue weighted by molar-refractivity contribution is 6.35. The van der Waals surface area contributed by atoms with Gasteiger partial charge in [0.15, 0.2) is 0 Å². The summed E-state index contributed by atoms with van der Waals surface area (Å²) >= 11 is 0. The standard InChI is InChI=1S/C22H20N4O4/c1-30-15-10-6-13(7-11-15)19-12-17(16-4-2-3-5-18(16)24-19)20(27)25-26-22(29)21(28)23-14-8-9-14/h2-7,10-12,14H,8-9H2,1H3,(H,23,28)(H,25,27)(H,26,29). The zero-order valence-electron chi connectivity index (χ0n) is 16.3. The number of nitrogens with zero attached hydrogens (tertiary/aromatic N) is 1. The van der Waals surface area contributed by atoms with E-state index in [1.165, 1.54) is 0 Å². The molecule has 1 fully saturated rings. The number of fused-ring (bicyclic) bond motifs is 1. The molecule has 152 valence electrons. The number of pyridine rings is 1. The number of hydrazine groups is 1. The van der Waals surface area contributed by atoms with E-state index in [2.05, 4.69) is 21.2 Å².